The molecule has 0 saturated heterocycles. The van der Waals surface area contributed by atoms with Gasteiger partial charge in [0, 0.05) is 52.5 Å². The lowest BCUT2D eigenvalue weighted by atomic mass is 9.99. The molecule has 0 unspecified atom stereocenters. The van der Waals surface area contributed by atoms with E-state index in [1.165, 1.54) is 9.80 Å². The Balaban J connectivity index is 1.70. The summed E-state index contributed by atoms with van der Waals surface area (Å²) in [7, 11) is 4.90. The molecule has 11 heteroatoms. The Morgan fingerprint density at radius 3 is 2.17 bits per heavy atom. The van der Waals surface area contributed by atoms with Crippen LogP contribution in [0.5, 0.6) is 11.5 Å². The Kier molecular flexibility index (Phi) is 12.3. The van der Waals surface area contributed by atoms with Crippen LogP contribution < -0.4 is 20.7 Å². The lowest BCUT2D eigenvalue weighted by molar-refractivity contribution is -0.137. The smallest absolute Gasteiger partial charge is 0.252 e. The van der Waals surface area contributed by atoms with Crippen LogP contribution in [0.15, 0.2) is 78.9 Å². The van der Waals surface area contributed by atoms with Crippen LogP contribution >= 0.6 is 0 Å². The summed E-state index contributed by atoms with van der Waals surface area (Å²) in [5.74, 6) is -1.05. The van der Waals surface area contributed by atoms with Crippen LogP contribution in [0.1, 0.15) is 48.2 Å². The fourth-order valence-corrected chi connectivity index (χ4v) is 5.38. The van der Waals surface area contributed by atoms with Crippen LogP contribution in [0, 0.1) is 5.92 Å². The molecule has 2 aliphatic rings. The Morgan fingerprint density at radius 2 is 1.50 bits per heavy atom. The van der Waals surface area contributed by atoms with Crippen molar-refractivity contribution in [3.63, 3.8) is 0 Å². The minimum Gasteiger partial charge on any atom is -0.457 e. The van der Waals surface area contributed by atoms with Gasteiger partial charge in [0.2, 0.25) is 23.6 Å². The van der Waals surface area contributed by atoms with Crippen LogP contribution in [-0.4, -0.2) is 85.1 Å². The molecular weight excluding hydrogens is 610 g/mol. The van der Waals surface area contributed by atoms with Gasteiger partial charge in [0.25, 0.3) is 5.91 Å². The summed E-state index contributed by atoms with van der Waals surface area (Å²) in [6, 6.07) is 20.1. The fourth-order valence-electron chi connectivity index (χ4n) is 5.38. The van der Waals surface area contributed by atoms with Crippen molar-refractivity contribution in [3.8, 4) is 11.5 Å². The standard InChI is InChI=1S/C37H45N5O6/c1-24(2)20-30-35(45)40-32(37(47)42(5)19-18-33(43)41(3)4)22-26-14-16-28(17-15-26)48-29-13-9-12-27(23-29)34(44)38-31(36(46)39-30)21-25-10-7-6-8-11-25/h6-17,23-24,30-32H,18-22H2,1-5H3,(H,38,44)(H,39,46)(H,40,45)/t30-,31+,32-/m0/s1. The van der Waals surface area contributed by atoms with E-state index in [-0.39, 0.29) is 43.5 Å². The number of hydrogen-bond donors (Lipinski definition) is 3. The van der Waals surface area contributed by atoms with Crippen molar-refractivity contribution in [2.24, 2.45) is 5.92 Å². The van der Waals surface area contributed by atoms with Crippen molar-refractivity contribution in [2.75, 3.05) is 27.7 Å². The van der Waals surface area contributed by atoms with Crippen LogP contribution in [-0.2, 0) is 32.0 Å². The maximum Gasteiger partial charge on any atom is 0.252 e. The molecule has 4 bridgehead atoms. The first-order valence-corrected chi connectivity index (χ1v) is 16.2. The number of carbonyl (C=O) groups excluding carboxylic acids is 5. The first-order valence-electron chi connectivity index (χ1n) is 16.2. The molecule has 3 aromatic rings. The molecule has 2 heterocycles. The zero-order chi connectivity index (χ0) is 34.8. The molecule has 0 fully saturated rings. The van der Waals surface area contributed by atoms with Crippen molar-refractivity contribution < 1.29 is 28.7 Å². The molecule has 0 saturated carbocycles. The van der Waals surface area contributed by atoms with Crippen molar-refractivity contribution in [2.45, 2.75) is 57.7 Å². The third kappa shape index (κ3) is 10.2. The summed E-state index contributed by atoms with van der Waals surface area (Å²) in [6.45, 7) is 4.03. The van der Waals surface area contributed by atoms with Gasteiger partial charge >= 0.3 is 0 Å². The van der Waals surface area contributed by atoms with Crippen molar-refractivity contribution in [1.82, 2.24) is 25.8 Å². The third-order valence-corrected chi connectivity index (χ3v) is 8.09. The van der Waals surface area contributed by atoms with Gasteiger partial charge < -0.3 is 30.5 Å². The third-order valence-electron chi connectivity index (χ3n) is 8.09. The summed E-state index contributed by atoms with van der Waals surface area (Å²) < 4.78 is 6.02. The summed E-state index contributed by atoms with van der Waals surface area (Å²) >= 11 is 0. The maximum absolute atomic E-state index is 13.9. The van der Waals surface area contributed by atoms with Crippen LogP contribution in [0.4, 0.5) is 0 Å². The van der Waals surface area contributed by atoms with E-state index in [4.69, 9.17) is 4.74 Å². The topological polar surface area (TPSA) is 137 Å². The van der Waals surface area contributed by atoms with Crippen molar-refractivity contribution in [1.29, 1.82) is 0 Å². The Morgan fingerprint density at radius 1 is 0.812 bits per heavy atom. The quantitative estimate of drug-likeness (QED) is 0.319. The molecule has 2 aliphatic heterocycles. The fraction of sp³-hybridized carbons (Fsp3) is 0.378. The Bertz CT molecular complexity index is 1590. The van der Waals surface area contributed by atoms with Gasteiger partial charge in [0.05, 0.1) is 0 Å². The minimum absolute atomic E-state index is 0.0187. The maximum atomic E-state index is 13.9. The van der Waals surface area contributed by atoms with Gasteiger partial charge in [-0.2, -0.15) is 0 Å². The molecule has 254 valence electrons. The first-order chi connectivity index (χ1) is 22.9. The van der Waals surface area contributed by atoms with E-state index in [0.717, 1.165) is 11.1 Å². The molecule has 3 atom stereocenters. The average Bonchev–Trinajstić information content (AvgIpc) is 3.06. The molecule has 11 nitrogen and oxygen atoms in total. The van der Waals surface area contributed by atoms with E-state index < -0.39 is 35.8 Å². The SMILES string of the molecule is CC(C)C[C@@H]1NC(=O)[C@@H](Cc2ccccc2)NC(=O)c2cccc(c2)Oc2ccc(cc2)C[C@@H](C(=O)N(C)CCC(=O)N(C)C)NC1=O. The van der Waals surface area contributed by atoms with E-state index in [9.17, 15) is 24.0 Å². The van der Waals surface area contributed by atoms with E-state index in [1.807, 2.05) is 44.2 Å². The zero-order valence-electron chi connectivity index (χ0n) is 28.2. The Labute approximate surface area is 282 Å². The average molecular weight is 656 g/mol. The summed E-state index contributed by atoms with van der Waals surface area (Å²) in [5, 5.41) is 8.62. The highest BCUT2D eigenvalue weighted by Gasteiger charge is 2.32. The number of likely N-dealkylation sites (N-methyl/N-ethyl adjacent to an activating group) is 1. The van der Waals surface area contributed by atoms with E-state index in [2.05, 4.69) is 16.0 Å². The second-order valence-corrected chi connectivity index (χ2v) is 12.7. The number of benzene rings is 3. The first kappa shape index (κ1) is 35.7. The molecule has 0 spiro atoms. The molecule has 5 rings (SSSR count). The van der Waals surface area contributed by atoms with Crippen LogP contribution in [0.3, 0.4) is 0 Å². The highest BCUT2D eigenvalue weighted by Crippen LogP contribution is 2.24. The number of carbonyl (C=O) groups is 5. The lowest BCUT2D eigenvalue weighted by Crippen LogP contribution is -2.58. The van der Waals surface area contributed by atoms with Gasteiger partial charge in [-0.25, -0.2) is 0 Å². The minimum atomic E-state index is -1.00. The normalized spacial score (nSPS) is 18.5. The van der Waals surface area contributed by atoms with Gasteiger partial charge in [0.1, 0.15) is 29.6 Å². The monoisotopic (exact) mass is 655 g/mol. The zero-order valence-corrected chi connectivity index (χ0v) is 28.2. The van der Waals surface area contributed by atoms with Crippen LogP contribution in [0.25, 0.3) is 0 Å². The molecule has 0 radical (unpaired) electrons. The molecule has 0 aliphatic carbocycles. The van der Waals surface area contributed by atoms with Gasteiger partial charge in [-0.15, -0.1) is 0 Å². The summed E-state index contributed by atoms with van der Waals surface area (Å²) in [4.78, 5) is 70.2. The van der Waals surface area contributed by atoms with Crippen LogP contribution in [0.2, 0.25) is 0 Å². The largest absolute Gasteiger partial charge is 0.457 e. The summed E-state index contributed by atoms with van der Waals surface area (Å²) in [6.07, 6.45) is 0.783. The predicted octanol–water partition coefficient (Wildman–Crippen LogP) is 3.33. The highest BCUT2D eigenvalue weighted by molar-refractivity contribution is 5.99. The number of ether oxygens (including phenoxy) is 1. The second kappa shape index (κ2) is 16.6. The van der Waals surface area contributed by atoms with E-state index in [1.54, 1.807) is 69.7 Å². The number of nitrogens with zero attached hydrogens (tertiary/aromatic N) is 2. The highest BCUT2D eigenvalue weighted by atomic mass is 16.5. The lowest BCUT2D eigenvalue weighted by Gasteiger charge is -2.28. The molecule has 3 N–H and O–H groups in total. The molecule has 5 amide bonds. The Hall–Kier alpha value is -5.19. The van der Waals surface area contributed by atoms with Gasteiger partial charge in [-0.3, -0.25) is 24.0 Å². The molecular formula is C37H45N5O6. The van der Waals surface area contributed by atoms with Gasteiger partial charge in [-0.1, -0.05) is 62.4 Å². The number of rotatable bonds is 8. The summed E-state index contributed by atoms with van der Waals surface area (Å²) in [5.41, 5.74) is 1.90. The molecule has 3 aromatic carbocycles. The molecule has 0 aromatic heterocycles. The number of fused-ring (bicyclic) bond motifs is 11. The van der Waals surface area contributed by atoms with Gasteiger partial charge in [0.15, 0.2) is 0 Å². The number of nitrogens with one attached hydrogen (secondary N) is 3. The van der Waals surface area contributed by atoms with Crippen molar-refractivity contribution in [3.05, 3.63) is 95.6 Å². The van der Waals surface area contributed by atoms with Gasteiger partial charge in [-0.05, 0) is 53.8 Å². The molecule has 48 heavy (non-hydrogen) atoms. The van der Waals surface area contributed by atoms with E-state index >= 15 is 0 Å². The van der Waals surface area contributed by atoms with E-state index in [0.29, 0.717) is 23.5 Å². The second-order valence-electron chi connectivity index (χ2n) is 12.7. The number of amides is 5. The number of hydrogen-bond acceptors (Lipinski definition) is 6. The van der Waals surface area contributed by atoms with Crippen molar-refractivity contribution >= 4 is 29.5 Å². The predicted molar refractivity (Wildman–Crippen MR) is 182 cm³/mol.